The van der Waals surface area contributed by atoms with Gasteiger partial charge in [-0.3, -0.25) is 4.79 Å². The number of allylic oxidation sites excluding steroid dienone is 1. The van der Waals surface area contributed by atoms with E-state index in [2.05, 4.69) is 16.1 Å². The van der Waals surface area contributed by atoms with E-state index in [1.807, 2.05) is 13.8 Å². The van der Waals surface area contributed by atoms with Gasteiger partial charge in [-0.15, -0.1) is 0 Å². The van der Waals surface area contributed by atoms with E-state index in [0.29, 0.717) is 6.54 Å². The molecule has 1 aromatic carbocycles. The number of sulfonamides is 1. The zero-order valence-corrected chi connectivity index (χ0v) is 15.8. The average molecular weight is 365 g/mol. The number of rotatable bonds is 8. The van der Waals surface area contributed by atoms with Crippen LogP contribution in [0.5, 0.6) is 0 Å². The summed E-state index contributed by atoms with van der Waals surface area (Å²) in [6, 6.07) is 7.34. The second-order valence-corrected chi connectivity index (χ2v) is 8.52. The van der Waals surface area contributed by atoms with Crippen LogP contribution in [0.1, 0.15) is 46.0 Å². The standard InChI is InChI=1S/C19H28N2O3S/c1-15(2)18(21-25(23,24)17-11-7-4-8-12-17)19(22)20-14-13-16-9-5-3-6-10-16/h4,7-9,11-12,15,18,21H,3,5-6,10,13-14H2,1-2H3,(H,20,22)/t18-/m0/s1. The van der Waals surface area contributed by atoms with Gasteiger partial charge >= 0.3 is 0 Å². The first-order valence-electron chi connectivity index (χ1n) is 8.93. The molecule has 0 aromatic heterocycles. The first kappa shape index (κ1) is 19.7. The Morgan fingerprint density at radius 3 is 2.48 bits per heavy atom. The van der Waals surface area contributed by atoms with Crippen LogP contribution >= 0.6 is 0 Å². The van der Waals surface area contributed by atoms with Crippen molar-refractivity contribution >= 4 is 15.9 Å². The third-order valence-corrected chi connectivity index (χ3v) is 5.87. The zero-order valence-electron chi connectivity index (χ0n) is 15.0. The molecule has 0 spiro atoms. The normalized spacial score (nSPS) is 16.4. The Bertz CT molecular complexity index is 697. The number of amides is 1. The molecule has 2 N–H and O–H groups in total. The van der Waals surface area contributed by atoms with Gasteiger partial charge in [0.25, 0.3) is 0 Å². The monoisotopic (exact) mass is 364 g/mol. The summed E-state index contributed by atoms with van der Waals surface area (Å²) in [5.41, 5.74) is 1.39. The van der Waals surface area contributed by atoms with E-state index in [-0.39, 0.29) is 16.7 Å². The zero-order chi connectivity index (χ0) is 18.3. The Morgan fingerprint density at radius 1 is 1.16 bits per heavy atom. The van der Waals surface area contributed by atoms with Crippen LogP contribution in [0.25, 0.3) is 0 Å². The van der Waals surface area contributed by atoms with Crippen LogP contribution in [-0.2, 0) is 14.8 Å². The van der Waals surface area contributed by atoms with E-state index < -0.39 is 16.1 Å². The lowest BCUT2D eigenvalue weighted by molar-refractivity contribution is -0.123. The lowest BCUT2D eigenvalue weighted by Crippen LogP contribution is -2.49. The minimum atomic E-state index is -3.72. The molecule has 6 heteroatoms. The van der Waals surface area contributed by atoms with E-state index in [1.54, 1.807) is 18.2 Å². The first-order chi connectivity index (χ1) is 11.9. The first-order valence-corrected chi connectivity index (χ1v) is 10.4. The molecule has 0 radical (unpaired) electrons. The van der Waals surface area contributed by atoms with Gasteiger partial charge in [-0.25, -0.2) is 8.42 Å². The molecule has 0 bridgehead atoms. The second-order valence-electron chi connectivity index (χ2n) is 6.81. The Balaban J connectivity index is 1.95. The number of hydrogen-bond acceptors (Lipinski definition) is 3. The van der Waals surface area contributed by atoms with Crippen molar-refractivity contribution in [3.05, 3.63) is 42.0 Å². The Kier molecular flexibility index (Phi) is 7.20. The summed E-state index contributed by atoms with van der Waals surface area (Å²) in [6.45, 7) is 4.21. The van der Waals surface area contributed by atoms with Gasteiger partial charge in [-0.2, -0.15) is 4.72 Å². The molecule has 1 amide bonds. The summed E-state index contributed by atoms with van der Waals surface area (Å²) in [6.07, 6.45) is 7.77. The van der Waals surface area contributed by atoms with Gasteiger partial charge in [0.15, 0.2) is 0 Å². The van der Waals surface area contributed by atoms with Gasteiger partial charge in [-0.05, 0) is 50.2 Å². The molecule has 1 aliphatic rings. The van der Waals surface area contributed by atoms with Crippen LogP contribution in [0, 0.1) is 5.92 Å². The number of benzene rings is 1. The number of hydrogen-bond donors (Lipinski definition) is 2. The second kappa shape index (κ2) is 9.15. The van der Waals surface area contributed by atoms with Gasteiger partial charge in [0.2, 0.25) is 15.9 Å². The fourth-order valence-corrected chi connectivity index (χ4v) is 4.28. The third-order valence-electron chi connectivity index (χ3n) is 4.42. The molecule has 0 heterocycles. The molecule has 1 atom stereocenters. The topological polar surface area (TPSA) is 75.3 Å². The van der Waals surface area contributed by atoms with Crippen molar-refractivity contribution in [3.8, 4) is 0 Å². The molecule has 5 nitrogen and oxygen atoms in total. The van der Waals surface area contributed by atoms with Crippen molar-refractivity contribution in [3.63, 3.8) is 0 Å². The quantitative estimate of drug-likeness (QED) is 0.696. The summed E-state index contributed by atoms with van der Waals surface area (Å²) in [5, 5.41) is 2.88. The summed E-state index contributed by atoms with van der Waals surface area (Å²) in [7, 11) is -3.72. The SMILES string of the molecule is CC(C)[C@H](NS(=O)(=O)c1ccccc1)C(=O)NCCC1=CCCCC1. The van der Waals surface area contributed by atoms with E-state index in [1.165, 1.54) is 30.5 Å². The summed E-state index contributed by atoms with van der Waals surface area (Å²) >= 11 is 0. The lowest BCUT2D eigenvalue weighted by atomic mass is 9.97. The molecule has 0 saturated carbocycles. The van der Waals surface area contributed by atoms with Crippen molar-refractivity contribution in [1.82, 2.24) is 10.0 Å². The van der Waals surface area contributed by atoms with Crippen LogP contribution < -0.4 is 10.0 Å². The fraction of sp³-hybridized carbons (Fsp3) is 0.526. The number of carbonyl (C=O) groups excluding carboxylic acids is 1. The molecule has 0 saturated heterocycles. The molecule has 25 heavy (non-hydrogen) atoms. The molecule has 1 aliphatic carbocycles. The highest BCUT2D eigenvalue weighted by atomic mass is 32.2. The van der Waals surface area contributed by atoms with Crippen LogP contribution in [0.15, 0.2) is 46.9 Å². The van der Waals surface area contributed by atoms with Crippen molar-refractivity contribution < 1.29 is 13.2 Å². The molecule has 0 fully saturated rings. The van der Waals surface area contributed by atoms with Gasteiger partial charge in [0.05, 0.1) is 4.90 Å². The molecule has 138 valence electrons. The maximum absolute atomic E-state index is 12.5. The predicted molar refractivity (Wildman–Crippen MR) is 99.6 cm³/mol. The summed E-state index contributed by atoms with van der Waals surface area (Å²) in [5.74, 6) is -0.418. The van der Waals surface area contributed by atoms with E-state index >= 15 is 0 Å². The van der Waals surface area contributed by atoms with Crippen molar-refractivity contribution in [2.24, 2.45) is 5.92 Å². The Hall–Kier alpha value is -1.66. The molecule has 1 aromatic rings. The molecular weight excluding hydrogens is 336 g/mol. The molecule has 0 unspecified atom stereocenters. The van der Waals surface area contributed by atoms with Gasteiger partial charge in [0, 0.05) is 6.54 Å². The predicted octanol–water partition coefficient (Wildman–Crippen LogP) is 3.00. The van der Waals surface area contributed by atoms with Crippen molar-refractivity contribution in [2.75, 3.05) is 6.54 Å². The van der Waals surface area contributed by atoms with Crippen molar-refractivity contribution in [2.45, 2.75) is 56.9 Å². The highest BCUT2D eigenvalue weighted by Crippen LogP contribution is 2.19. The van der Waals surface area contributed by atoms with Crippen molar-refractivity contribution in [1.29, 1.82) is 0 Å². The molecular formula is C19H28N2O3S. The van der Waals surface area contributed by atoms with Crippen LogP contribution in [0.4, 0.5) is 0 Å². The van der Waals surface area contributed by atoms with Crippen LogP contribution in [0.3, 0.4) is 0 Å². The smallest absolute Gasteiger partial charge is 0.241 e. The average Bonchev–Trinajstić information content (AvgIpc) is 2.61. The third kappa shape index (κ3) is 5.97. The van der Waals surface area contributed by atoms with Gasteiger partial charge in [0.1, 0.15) is 6.04 Å². The maximum atomic E-state index is 12.5. The highest BCUT2D eigenvalue weighted by molar-refractivity contribution is 7.89. The largest absolute Gasteiger partial charge is 0.354 e. The Labute approximate surface area is 151 Å². The number of carbonyl (C=O) groups is 1. The molecule has 2 rings (SSSR count). The van der Waals surface area contributed by atoms with Gasteiger partial charge < -0.3 is 5.32 Å². The number of nitrogens with one attached hydrogen (secondary N) is 2. The minimum absolute atomic E-state index is 0.146. The van der Waals surface area contributed by atoms with E-state index in [9.17, 15) is 13.2 Å². The van der Waals surface area contributed by atoms with Crippen LogP contribution in [-0.4, -0.2) is 26.9 Å². The summed E-state index contributed by atoms with van der Waals surface area (Å²) in [4.78, 5) is 12.6. The summed E-state index contributed by atoms with van der Waals surface area (Å²) < 4.78 is 27.5. The van der Waals surface area contributed by atoms with E-state index in [0.717, 1.165) is 19.3 Å². The van der Waals surface area contributed by atoms with Gasteiger partial charge in [-0.1, -0.05) is 43.7 Å². The van der Waals surface area contributed by atoms with Crippen LogP contribution in [0.2, 0.25) is 0 Å². The highest BCUT2D eigenvalue weighted by Gasteiger charge is 2.28. The molecule has 0 aliphatic heterocycles. The maximum Gasteiger partial charge on any atom is 0.241 e. The lowest BCUT2D eigenvalue weighted by Gasteiger charge is -2.22. The Morgan fingerprint density at radius 2 is 1.88 bits per heavy atom. The van der Waals surface area contributed by atoms with E-state index in [4.69, 9.17) is 0 Å². The minimum Gasteiger partial charge on any atom is -0.354 e. The fourth-order valence-electron chi connectivity index (χ4n) is 2.92.